The van der Waals surface area contributed by atoms with Gasteiger partial charge in [-0.3, -0.25) is 0 Å². The molecular weight excluding hydrogens is 202 g/mol. The van der Waals surface area contributed by atoms with Gasteiger partial charge in [-0.2, -0.15) is 11.3 Å². The van der Waals surface area contributed by atoms with Crippen LogP contribution in [0.3, 0.4) is 0 Å². The molecule has 2 heteroatoms. The molecule has 0 spiro atoms. The predicted octanol–water partition coefficient (Wildman–Crippen LogP) is 3.98. The highest BCUT2D eigenvalue weighted by Crippen LogP contribution is 2.26. The second-order valence-corrected chi connectivity index (χ2v) is 5.68. The summed E-state index contributed by atoms with van der Waals surface area (Å²) in [6, 6.07) is 3.50. The van der Waals surface area contributed by atoms with E-state index in [9.17, 15) is 0 Å². The Bertz CT molecular complexity index is 273. The van der Waals surface area contributed by atoms with Crippen LogP contribution >= 0.6 is 11.3 Å². The van der Waals surface area contributed by atoms with Crippen molar-refractivity contribution in [3.05, 3.63) is 22.4 Å². The molecular formula is C13H21NS. The molecule has 1 aliphatic carbocycles. The lowest BCUT2D eigenvalue weighted by atomic mass is 9.87. The molecule has 1 saturated carbocycles. The lowest BCUT2D eigenvalue weighted by Gasteiger charge is -2.29. The van der Waals surface area contributed by atoms with E-state index in [0.717, 1.165) is 12.0 Å². The molecule has 1 N–H and O–H groups in total. The highest BCUT2D eigenvalue weighted by atomic mass is 32.1. The molecule has 0 bridgehead atoms. The van der Waals surface area contributed by atoms with E-state index < -0.39 is 0 Å². The average Bonchev–Trinajstić information content (AvgIpc) is 2.74. The molecule has 0 radical (unpaired) electrons. The summed E-state index contributed by atoms with van der Waals surface area (Å²) in [7, 11) is 0. The fourth-order valence-corrected chi connectivity index (χ4v) is 3.15. The minimum absolute atomic E-state index is 0.523. The predicted molar refractivity (Wildman–Crippen MR) is 67.3 cm³/mol. The SMILES string of the molecule is CC1CCC(NC(C)c2ccsc2)CC1. The number of hydrogen-bond acceptors (Lipinski definition) is 2. The van der Waals surface area contributed by atoms with Gasteiger partial charge in [-0.05, 0) is 60.9 Å². The van der Waals surface area contributed by atoms with Crippen molar-refractivity contribution in [2.75, 3.05) is 0 Å². The molecule has 0 aliphatic heterocycles. The van der Waals surface area contributed by atoms with Crippen LogP contribution in [0.15, 0.2) is 16.8 Å². The molecule has 1 aromatic rings. The van der Waals surface area contributed by atoms with Gasteiger partial charge in [0.15, 0.2) is 0 Å². The van der Waals surface area contributed by atoms with Crippen LogP contribution in [-0.4, -0.2) is 6.04 Å². The Morgan fingerprint density at radius 1 is 1.33 bits per heavy atom. The highest BCUT2D eigenvalue weighted by molar-refractivity contribution is 7.07. The molecule has 0 amide bonds. The Hall–Kier alpha value is -0.340. The fraction of sp³-hybridized carbons (Fsp3) is 0.692. The first kappa shape index (κ1) is 11.2. The van der Waals surface area contributed by atoms with Crippen LogP contribution in [0, 0.1) is 5.92 Å². The van der Waals surface area contributed by atoms with E-state index in [2.05, 4.69) is 36.0 Å². The summed E-state index contributed by atoms with van der Waals surface area (Å²) in [5.41, 5.74) is 1.44. The molecule has 84 valence electrons. The van der Waals surface area contributed by atoms with Crippen LogP contribution in [0.2, 0.25) is 0 Å². The van der Waals surface area contributed by atoms with E-state index >= 15 is 0 Å². The summed E-state index contributed by atoms with van der Waals surface area (Å²) in [5, 5.41) is 8.16. The van der Waals surface area contributed by atoms with E-state index in [1.807, 2.05) is 0 Å². The van der Waals surface area contributed by atoms with Crippen LogP contribution in [0.25, 0.3) is 0 Å². The van der Waals surface area contributed by atoms with Crippen LogP contribution in [0.4, 0.5) is 0 Å². The van der Waals surface area contributed by atoms with Gasteiger partial charge in [0.05, 0.1) is 0 Å². The summed E-state index contributed by atoms with van der Waals surface area (Å²) < 4.78 is 0. The second kappa shape index (κ2) is 5.13. The highest BCUT2D eigenvalue weighted by Gasteiger charge is 2.19. The molecule has 0 aromatic carbocycles. The zero-order chi connectivity index (χ0) is 10.7. The maximum atomic E-state index is 3.75. The maximum Gasteiger partial charge on any atom is 0.0302 e. The number of hydrogen-bond donors (Lipinski definition) is 1. The number of rotatable bonds is 3. The maximum absolute atomic E-state index is 3.75. The Labute approximate surface area is 96.9 Å². The van der Waals surface area contributed by atoms with E-state index in [-0.39, 0.29) is 0 Å². The Kier molecular flexibility index (Phi) is 3.81. The molecule has 1 fully saturated rings. The summed E-state index contributed by atoms with van der Waals surface area (Å²) in [6.45, 7) is 4.65. The first-order valence-electron chi connectivity index (χ1n) is 6.04. The first-order chi connectivity index (χ1) is 7.25. The van der Waals surface area contributed by atoms with Gasteiger partial charge in [0.25, 0.3) is 0 Å². The van der Waals surface area contributed by atoms with Gasteiger partial charge >= 0.3 is 0 Å². The zero-order valence-electron chi connectivity index (χ0n) is 9.70. The van der Waals surface area contributed by atoms with Gasteiger partial charge in [-0.1, -0.05) is 6.92 Å². The quantitative estimate of drug-likeness (QED) is 0.817. The smallest absolute Gasteiger partial charge is 0.0302 e. The largest absolute Gasteiger partial charge is 0.307 e. The summed E-state index contributed by atoms with van der Waals surface area (Å²) in [6.07, 6.45) is 5.51. The number of nitrogens with one attached hydrogen (secondary N) is 1. The van der Waals surface area contributed by atoms with E-state index in [4.69, 9.17) is 0 Å². The van der Waals surface area contributed by atoms with Crippen molar-refractivity contribution in [3.63, 3.8) is 0 Å². The van der Waals surface area contributed by atoms with Gasteiger partial charge in [0, 0.05) is 12.1 Å². The van der Waals surface area contributed by atoms with E-state index in [1.54, 1.807) is 11.3 Å². The Morgan fingerprint density at radius 2 is 2.07 bits per heavy atom. The van der Waals surface area contributed by atoms with Crippen molar-refractivity contribution in [1.82, 2.24) is 5.32 Å². The monoisotopic (exact) mass is 223 g/mol. The van der Waals surface area contributed by atoms with Crippen LogP contribution in [-0.2, 0) is 0 Å². The summed E-state index contributed by atoms with van der Waals surface area (Å²) >= 11 is 1.79. The normalized spacial score (nSPS) is 28.9. The van der Waals surface area contributed by atoms with Crippen molar-refractivity contribution >= 4 is 11.3 Å². The van der Waals surface area contributed by atoms with E-state index in [1.165, 1.54) is 31.2 Å². The van der Waals surface area contributed by atoms with Crippen molar-refractivity contribution in [3.8, 4) is 0 Å². The lowest BCUT2D eigenvalue weighted by molar-refractivity contribution is 0.292. The first-order valence-corrected chi connectivity index (χ1v) is 6.98. The van der Waals surface area contributed by atoms with Gasteiger partial charge in [0.1, 0.15) is 0 Å². The fourth-order valence-electron chi connectivity index (χ4n) is 2.40. The number of thiophene rings is 1. The summed E-state index contributed by atoms with van der Waals surface area (Å²) in [4.78, 5) is 0. The van der Waals surface area contributed by atoms with Crippen LogP contribution in [0.1, 0.15) is 51.1 Å². The molecule has 2 rings (SSSR count). The third-order valence-corrected chi connectivity index (χ3v) is 4.25. The average molecular weight is 223 g/mol. The van der Waals surface area contributed by atoms with Crippen LogP contribution in [0.5, 0.6) is 0 Å². The second-order valence-electron chi connectivity index (χ2n) is 4.90. The van der Waals surface area contributed by atoms with Crippen molar-refractivity contribution in [2.24, 2.45) is 5.92 Å². The lowest BCUT2D eigenvalue weighted by Crippen LogP contribution is -2.34. The molecule has 15 heavy (non-hydrogen) atoms. The molecule has 0 saturated heterocycles. The van der Waals surface area contributed by atoms with Crippen molar-refractivity contribution < 1.29 is 0 Å². The van der Waals surface area contributed by atoms with Gasteiger partial charge in [-0.15, -0.1) is 0 Å². The van der Waals surface area contributed by atoms with Gasteiger partial charge in [-0.25, -0.2) is 0 Å². The third-order valence-electron chi connectivity index (χ3n) is 3.54. The molecule has 1 aromatic heterocycles. The molecule has 1 unspecified atom stereocenters. The van der Waals surface area contributed by atoms with Crippen molar-refractivity contribution in [2.45, 2.75) is 51.6 Å². The Morgan fingerprint density at radius 3 is 2.67 bits per heavy atom. The van der Waals surface area contributed by atoms with E-state index in [0.29, 0.717) is 6.04 Å². The van der Waals surface area contributed by atoms with Gasteiger partial charge in [0.2, 0.25) is 0 Å². The minimum Gasteiger partial charge on any atom is -0.307 e. The van der Waals surface area contributed by atoms with Crippen LogP contribution < -0.4 is 5.32 Å². The molecule has 1 nitrogen and oxygen atoms in total. The topological polar surface area (TPSA) is 12.0 Å². The Balaban J connectivity index is 1.82. The molecule has 1 atom stereocenters. The minimum atomic E-state index is 0.523. The standard InChI is InChI=1S/C13H21NS/c1-10-3-5-13(6-4-10)14-11(2)12-7-8-15-9-12/h7-11,13-14H,3-6H2,1-2H3. The molecule has 1 aliphatic rings. The zero-order valence-corrected chi connectivity index (χ0v) is 10.5. The molecule has 1 heterocycles. The van der Waals surface area contributed by atoms with Gasteiger partial charge < -0.3 is 5.32 Å². The van der Waals surface area contributed by atoms with Crippen molar-refractivity contribution in [1.29, 1.82) is 0 Å². The summed E-state index contributed by atoms with van der Waals surface area (Å²) in [5.74, 6) is 0.944. The third kappa shape index (κ3) is 3.05.